The average Bonchev–Trinajstić information content (AvgIpc) is 2.86. The molecule has 1 atom stereocenters. The molecule has 214 valence electrons. The standard InChI is InChI=1S/C21H40O4S11/c1-26-6-2-13-36(25)14-12-31-18-33-17-30-10-11-34-20(23)3-7-27-15-32-16-28-8-4-21(24)35-19-29-9-5-22/h22H,2-19H2,1H3. The normalized spacial score (nSPS) is 12.2. The van der Waals surface area contributed by atoms with Gasteiger partial charge in [0.2, 0.25) is 0 Å². The maximum Gasteiger partial charge on any atom is 0.190 e. The van der Waals surface area contributed by atoms with Crippen LogP contribution in [0.15, 0.2) is 0 Å². The van der Waals surface area contributed by atoms with Gasteiger partial charge in [-0.2, -0.15) is 47.0 Å². The van der Waals surface area contributed by atoms with Gasteiger partial charge in [-0.3, -0.25) is 9.59 Å². The summed E-state index contributed by atoms with van der Waals surface area (Å²) >= 11 is 16.7. The topological polar surface area (TPSA) is 77.4 Å². The summed E-state index contributed by atoms with van der Waals surface area (Å²) in [4.78, 5) is 23.7. The highest BCUT2D eigenvalue weighted by molar-refractivity contribution is 8.24. The van der Waals surface area contributed by atoms with Crippen LogP contribution in [0.25, 0.3) is 0 Å². The molecule has 0 spiro atoms. The average molecular weight is 709 g/mol. The van der Waals surface area contributed by atoms with Crippen molar-refractivity contribution in [3.63, 3.8) is 0 Å². The molecule has 1 N–H and O–H groups in total. The monoisotopic (exact) mass is 708 g/mol. The van der Waals surface area contributed by atoms with E-state index in [0.29, 0.717) is 23.7 Å². The second-order valence-corrected chi connectivity index (χ2v) is 20.9. The second-order valence-electron chi connectivity index (χ2n) is 6.69. The van der Waals surface area contributed by atoms with Crippen LogP contribution in [-0.2, 0) is 20.8 Å². The van der Waals surface area contributed by atoms with E-state index in [0.717, 1.165) is 77.9 Å². The Bertz CT molecular complexity index is 506. The molecule has 0 saturated heterocycles. The van der Waals surface area contributed by atoms with Crippen molar-refractivity contribution in [2.45, 2.75) is 19.3 Å². The highest BCUT2D eigenvalue weighted by atomic mass is 32.2. The largest absolute Gasteiger partial charge is 0.616 e. The third kappa shape index (κ3) is 31.6. The van der Waals surface area contributed by atoms with Gasteiger partial charge < -0.3 is 9.66 Å². The minimum atomic E-state index is -0.650. The molecule has 0 saturated carbocycles. The molecule has 0 bridgehead atoms. The summed E-state index contributed by atoms with van der Waals surface area (Å²) in [6.45, 7) is 0.169. The second kappa shape index (κ2) is 32.6. The third-order valence-corrected chi connectivity index (χ3v) is 16.8. The molecule has 0 heterocycles. The van der Waals surface area contributed by atoms with E-state index in [1.54, 1.807) is 23.5 Å². The van der Waals surface area contributed by atoms with E-state index >= 15 is 0 Å². The molecule has 0 aromatic rings. The fourth-order valence-corrected chi connectivity index (χ4v) is 14.0. The number of hydrogen-bond acceptors (Lipinski definition) is 14. The minimum Gasteiger partial charge on any atom is -0.616 e. The molecule has 0 radical (unpaired) electrons. The quantitative estimate of drug-likeness (QED) is 0.0532. The Morgan fingerprint density at radius 2 is 1.19 bits per heavy atom. The van der Waals surface area contributed by atoms with Crippen LogP contribution in [-0.4, -0.2) is 110 Å². The first kappa shape index (κ1) is 39.1. The maximum atomic E-state index is 12.0. The van der Waals surface area contributed by atoms with Gasteiger partial charge in [-0.05, 0) is 12.0 Å². The van der Waals surface area contributed by atoms with E-state index < -0.39 is 11.2 Å². The van der Waals surface area contributed by atoms with Crippen LogP contribution in [0.5, 0.6) is 0 Å². The van der Waals surface area contributed by atoms with E-state index in [4.69, 9.17) is 5.11 Å². The lowest BCUT2D eigenvalue weighted by molar-refractivity contribution is -0.111. The highest BCUT2D eigenvalue weighted by Gasteiger charge is 2.06. The molecule has 0 aliphatic carbocycles. The molecule has 4 nitrogen and oxygen atoms in total. The smallest absolute Gasteiger partial charge is 0.190 e. The SMILES string of the molecule is CSCCC[S+]([O-])CCSCSCSCCSC(=O)CCSCSCSCCC(=O)SCSCCO. The van der Waals surface area contributed by atoms with Gasteiger partial charge in [-0.15, -0.1) is 47.0 Å². The number of rotatable bonds is 28. The highest BCUT2D eigenvalue weighted by Crippen LogP contribution is 2.22. The Balaban J connectivity index is 3.27. The first-order chi connectivity index (χ1) is 17.6. The maximum absolute atomic E-state index is 12.0. The van der Waals surface area contributed by atoms with Crippen LogP contribution in [0, 0.1) is 0 Å². The summed E-state index contributed by atoms with van der Waals surface area (Å²) in [6, 6.07) is 0. The van der Waals surface area contributed by atoms with Crippen LogP contribution < -0.4 is 0 Å². The zero-order valence-electron chi connectivity index (χ0n) is 20.9. The Labute approximate surface area is 264 Å². The van der Waals surface area contributed by atoms with E-state index in [1.807, 2.05) is 70.6 Å². The predicted molar refractivity (Wildman–Crippen MR) is 189 cm³/mol. The molecule has 0 aromatic carbocycles. The molecule has 0 fully saturated rings. The van der Waals surface area contributed by atoms with Gasteiger partial charge >= 0.3 is 0 Å². The first-order valence-corrected chi connectivity index (χ1v) is 24.3. The van der Waals surface area contributed by atoms with Gasteiger partial charge in [-0.1, -0.05) is 34.7 Å². The van der Waals surface area contributed by atoms with Crippen molar-refractivity contribution in [3.8, 4) is 0 Å². The predicted octanol–water partition coefficient (Wildman–Crippen LogP) is 6.70. The molecular formula is C21H40O4S11. The number of aliphatic hydroxyl groups is 1. The van der Waals surface area contributed by atoms with E-state index in [1.165, 1.54) is 23.5 Å². The summed E-state index contributed by atoms with van der Waals surface area (Å²) in [5.41, 5.74) is 0. The lowest BCUT2D eigenvalue weighted by Gasteiger charge is -2.10. The molecule has 0 aliphatic heterocycles. The van der Waals surface area contributed by atoms with Gasteiger partial charge in [0, 0.05) is 79.2 Å². The van der Waals surface area contributed by atoms with Crippen molar-refractivity contribution >= 4 is 139 Å². The fourth-order valence-electron chi connectivity index (χ4n) is 2.06. The van der Waals surface area contributed by atoms with Gasteiger partial charge in [-0.25, -0.2) is 0 Å². The van der Waals surface area contributed by atoms with Crippen LogP contribution in [0.2, 0.25) is 0 Å². The van der Waals surface area contributed by atoms with Crippen molar-refractivity contribution < 1.29 is 19.2 Å². The number of carbonyl (C=O) groups excluding carboxylic acids is 2. The zero-order valence-corrected chi connectivity index (χ0v) is 29.9. The number of carbonyl (C=O) groups is 2. The molecule has 0 aromatic heterocycles. The lowest BCUT2D eigenvalue weighted by atomic mass is 10.5. The lowest BCUT2D eigenvalue weighted by Crippen LogP contribution is -2.13. The summed E-state index contributed by atoms with van der Waals surface area (Å²) in [6.07, 6.45) is 4.39. The Kier molecular flexibility index (Phi) is 35.4. The molecule has 36 heavy (non-hydrogen) atoms. The van der Waals surface area contributed by atoms with Crippen molar-refractivity contribution in [3.05, 3.63) is 0 Å². The van der Waals surface area contributed by atoms with Crippen molar-refractivity contribution in [2.75, 3.05) is 90.1 Å². The molecular weight excluding hydrogens is 669 g/mol. The minimum absolute atomic E-state index is 0.169. The number of thioether (sulfide) groups is 10. The van der Waals surface area contributed by atoms with E-state index in [-0.39, 0.29) is 11.7 Å². The Morgan fingerprint density at radius 1 is 0.639 bits per heavy atom. The van der Waals surface area contributed by atoms with Crippen LogP contribution in [0.4, 0.5) is 0 Å². The van der Waals surface area contributed by atoms with Crippen molar-refractivity contribution in [1.29, 1.82) is 0 Å². The van der Waals surface area contributed by atoms with Crippen molar-refractivity contribution in [2.24, 2.45) is 0 Å². The first-order valence-electron chi connectivity index (χ1n) is 11.4. The van der Waals surface area contributed by atoms with Gasteiger partial charge in [0.15, 0.2) is 10.2 Å². The molecule has 0 amide bonds. The summed E-state index contributed by atoms with van der Waals surface area (Å²) < 4.78 is 11.8. The van der Waals surface area contributed by atoms with Crippen molar-refractivity contribution in [1.82, 2.24) is 0 Å². The van der Waals surface area contributed by atoms with E-state index in [2.05, 4.69) is 6.26 Å². The van der Waals surface area contributed by atoms with Crippen LogP contribution in [0.1, 0.15) is 19.3 Å². The summed E-state index contributed by atoms with van der Waals surface area (Å²) in [7, 11) is 0. The van der Waals surface area contributed by atoms with Crippen LogP contribution in [0.3, 0.4) is 0 Å². The number of hydrogen-bond donors (Lipinski definition) is 1. The Morgan fingerprint density at radius 3 is 1.81 bits per heavy atom. The van der Waals surface area contributed by atoms with Gasteiger partial charge in [0.05, 0.1) is 6.61 Å². The number of aliphatic hydroxyl groups excluding tert-OH is 1. The zero-order chi connectivity index (χ0) is 26.5. The third-order valence-electron chi connectivity index (χ3n) is 3.77. The summed E-state index contributed by atoms with van der Waals surface area (Å²) in [5.74, 6) is 8.08. The Hall–Kier alpha value is 3.11. The van der Waals surface area contributed by atoms with E-state index in [9.17, 15) is 14.1 Å². The van der Waals surface area contributed by atoms with Crippen LogP contribution >= 0.6 is 118 Å². The van der Waals surface area contributed by atoms with Gasteiger partial charge in [0.25, 0.3) is 0 Å². The molecule has 15 heteroatoms. The molecule has 0 aliphatic rings. The molecule has 0 rings (SSSR count). The molecule has 1 unspecified atom stereocenters. The van der Waals surface area contributed by atoms with Gasteiger partial charge in [0.1, 0.15) is 11.5 Å². The summed E-state index contributed by atoms with van der Waals surface area (Å²) in [5, 5.41) is 14.0. The fraction of sp³-hybridized carbons (Fsp3) is 0.905.